The van der Waals surface area contributed by atoms with E-state index < -0.39 is 0 Å². The van der Waals surface area contributed by atoms with Crippen molar-refractivity contribution in [1.82, 2.24) is 4.90 Å². The molecular formula is C13H22N2O2. The number of nitrogens with two attached hydrogens (primary N) is 1. The van der Waals surface area contributed by atoms with Crippen molar-refractivity contribution in [3.05, 3.63) is 23.2 Å². The van der Waals surface area contributed by atoms with Gasteiger partial charge < -0.3 is 14.9 Å². The van der Waals surface area contributed by atoms with Crippen LogP contribution in [0.1, 0.15) is 23.5 Å². The summed E-state index contributed by atoms with van der Waals surface area (Å²) in [6, 6.07) is 2.08. The van der Waals surface area contributed by atoms with Gasteiger partial charge in [-0.1, -0.05) is 0 Å². The number of likely N-dealkylation sites (tertiary alicyclic amines) is 1. The molecule has 0 aliphatic carbocycles. The lowest BCUT2D eigenvalue weighted by Gasteiger charge is -2.13. The lowest BCUT2D eigenvalue weighted by molar-refractivity contribution is 0.151. The molecule has 1 aromatic rings. The molecule has 1 fully saturated rings. The molecule has 0 radical (unpaired) electrons. The maximum atomic E-state index is 5.71. The van der Waals surface area contributed by atoms with Gasteiger partial charge in [-0.2, -0.15) is 0 Å². The van der Waals surface area contributed by atoms with Crippen LogP contribution in [0.3, 0.4) is 0 Å². The maximum absolute atomic E-state index is 5.71. The Hall–Kier alpha value is -0.840. The standard InChI is InChI=1S/C13H22N2O2/c1-10-12(6-14)5-13(17-10)8-15-4-3-11(7-15)9-16-2/h5,11H,3-4,6-9,14H2,1-2H3. The molecule has 0 spiro atoms. The highest BCUT2D eigenvalue weighted by atomic mass is 16.5. The predicted molar refractivity (Wildman–Crippen MR) is 66.6 cm³/mol. The first-order chi connectivity index (χ1) is 8.22. The lowest BCUT2D eigenvalue weighted by Crippen LogP contribution is -2.21. The summed E-state index contributed by atoms with van der Waals surface area (Å²) in [7, 11) is 1.77. The van der Waals surface area contributed by atoms with Crippen LogP contribution in [-0.2, 0) is 17.8 Å². The van der Waals surface area contributed by atoms with E-state index in [2.05, 4.69) is 11.0 Å². The minimum Gasteiger partial charge on any atom is -0.465 e. The van der Waals surface area contributed by atoms with Crippen LogP contribution >= 0.6 is 0 Å². The first-order valence-corrected chi connectivity index (χ1v) is 6.22. The third-order valence-electron chi connectivity index (χ3n) is 3.44. The number of rotatable bonds is 5. The third kappa shape index (κ3) is 3.09. The number of nitrogens with zero attached hydrogens (tertiary/aromatic N) is 1. The van der Waals surface area contributed by atoms with E-state index in [1.54, 1.807) is 7.11 Å². The van der Waals surface area contributed by atoms with Gasteiger partial charge in [-0.05, 0) is 31.9 Å². The fraction of sp³-hybridized carbons (Fsp3) is 0.692. The highest BCUT2D eigenvalue weighted by molar-refractivity contribution is 5.20. The van der Waals surface area contributed by atoms with Crippen LogP contribution in [-0.4, -0.2) is 31.7 Å². The van der Waals surface area contributed by atoms with Gasteiger partial charge >= 0.3 is 0 Å². The molecule has 1 saturated heterocycles. The van der Waals surface area contributed by atoms with E-state index in [4.69, 9.17) is 14.9 Å². The summed E-state index contributed by atoms with van der Waals surface area (Å²) in [4.78, 5) is 2.42. The van der Waals surface area contributed by atoms with Gasteiger partial charge in [0.1, 0.15) is 11.5 Å². The van der Waals surface area contributed by atoms with E-state index in [1.165, 1.54) is 6.42 Å². The second-order valence-electron chi connectivity index (χ2n) is 4.84. The molecule has 4 heteroatoms. The minimum absolute atomic E-state index is 0.557. The third-order valence-corrected chi connectivity index (χ3v) is 3.44. The Bertz CT molecular complexity index is 362. The molecule has 1 unspecified atom stereocenters. The van der Waals surface area contributed by atoms with Crippen molar-refractivity contribution in [3.8, 4) is 0 Å². The van der Waals surface area contributed by atoms with Crippen LogP contribution in [0.4, 0.5) is 0 Å². The van der Waals surface area contributed by atoms with Gasteiger partial charge in [0.05, 0.1) is 13.2 Å². The summed E-state index contributed by atoms with van der Waals surface area (Å²) < 4.78 is 10.9. The molecule has 2 heterocycles. The SMILES string of the molecule is COCC1CCN(Cc2cc(CN)c(C)o2)C1. The smallest absolute Gasteiger partial charge is 0.118 e. The van der Waals surface area contributed by atoms with Crippen molar-refractivity contribution < 1.29 is 9.15 Å². The monoisotopic (exact) mass is 238 g/mol. The van der Waals surface area contributed by atoms with E-state index in [0.717, 1.165) is 43.3 Å². The van der Waals surface area contributed by atoms with Gasteiger partial charge in [0.25, 0.3) is 0 Å². The molecule has 2 rings (SSSR count). The summed E-state index contributed by atoms with van der Waals surface area (Å²) in [5.41, 5.74) is 6.76. The highest BCUT2D eigenvalue weighted by Gasteiger charge is 2.23. The molecule has 0 bridgehead atoms. The second-order valence-corrected chi connectivity index (χ2v) is 4.84. The van der Waals surface area contributed by atoms with Gasteiger partial charge in [-0.15, -0.1) is 0 Å². The number of ether oxygens (including phenoxy) is 1. The number of hydrogen-bond acceptors (Lipinski definition) is 4. The number of hydrogen-bond donors (Lipinski definition) is 1. The van der Waals surface area contributed by atoms with Crippen molar-refractivity contribution in [3.63, 3.8) is 0 Å². The van der Waals surface area contributed by atoms with E-state index in [9.17, 15) is 0 Å². The quantitative estimate of drug-likeness (QED) is 0.845. The fourth-order valence-corrected chi connectivity index (χ4v) is 2.52. The fourth-order valence-electron chi connectivity index (χ4n) is 2.52. The van der Waals surface area contributed by atoms with Gasteiger partial charge in [0, 0.05) is 25.8 Å². The zero-order valence-electron chi connectivity index (χ0n) is 10.7. The van der Waals surface area contributed by atoms with Gasteiger partial charge in [0.2, 0.25) is 0 Å². The maximum Gasteiger partial charge on any atom is 0.118 e. The molecule has 0 saturated carbocycles. The Morgan fingerprint density at radius 3 is 3.06 bits per heavy atom. The van der Waals surface area contributed by atoms with Crippen LogP contribution in [0.5, 0.6) is 0 Å². The summed E-state index contributed by atoms with van der Waals surface area (Å²) in [6.45, 7) is 6.52. The normalized spacial score (nSPS) is 21.2. The van der Waals surface area contributed by atoms with Crippen LogP contribution in [0.25, 0.3) is 0 Å². The second kappa shape index (κ2) is 5.67. The number of furan rings is 1. The zero-order valence-corrected chi connectivity index (χ0v) is 10.7. The van der Waals surface area contributed by atoms with E-state index in [0.29, 0.717) is 12.5 Å². The summed E-state index contributed by atoms with van der Waals surface area (Å²) in [6.07, 6.45) is 1.22. The van der Waals surface area contributed by atoms with Crippen molar-refractivity contribution in [2.24, 2.45) is 11.7 Å². The molecule has 1 atom stereocenters. The number of methoxy groups -OCH3 is 1. The largest absolute Gasteiger partial charge is 0.465 e. The molecule has 96 valence electrons. The van der Waals surface area contributed by atoms with Crippen LogP contribution < -0.4 is 5.73 Å². The minimum atomic E-state index is 0.557. The van der Waals surface area contributed by atoms with E-state index >= 15 is 0 Å². The van der Waals surface area contributed by atoms with Crippen molar-refractivity contribution >= 4 is 0 Å². The average Bonchev–Trinajstić information content (AvgIpc) is 2.87. The molecule has 0 aromatic carbocycles. The van der Waals surface area contributed by atoms with Crippen molar-refractivity contribution in [2.45, 2.75) is 26.4 Å². The first-order valence-electron chi connectivity index (χ1n) is 6.22. The molecule has 1 aliphatic rings. The molecule has 0 amide bonds. The number of aryl methyl sites for hydroxylation is 1. The lowest BCUT2D eigenvalue weighted by atomic mass is 10.1. The molecule has 2 N–H and O–H groups in total. The van der Waals surface area contributed by atoms with E-state index in [1.807, 2.05) is 6.92 Å². The van der Waals surface area contributed by atoms with E-state index in [-0.39, 0.29) is 0 Å². The Kier molecular flexibility index (Phi) is 4.20. The highest BCUT2D eigenvalue weighted by Crippen LogP contribution is 2.21. The molecular weight excluding hydrogens is 216 g/mol. The first kappa shape index (κ1) is 12.6. The Balaban J connectivity index is 1.89. The average molecular weight is 238 g/mol. The van der Waals surface area contributed by atoms with Gasteiger partial charge in [-0.3, -0.25) is 4.90 Å². The van der Waals surface area contributed by atoms with Crippen molar-refractivity contribution in [2.75, 3.05) is 26.8 Å². The van der Waals surface area contributed by atoms with Gasteiger partial charge in [0.15, 0.2) is 0 Å². The zero-order chi connectivity index (χ0) is 12.3. The summed E-state index contributed by atoms with van der Waals surface area (Å²) >= 11 is 0. The molecule has 17 heavy (non-hydrogen) atoms. The Labute approximate surface area is 103 Å². The summed E-state index contributed by atoms with van der Waals surface area (Å²) in [5.74, 6) is 2.65. The Morgan fingerprint density at radius 2 is 2.41 bits per heavy atom. The molecule has 4 nitrogen and oxygen atoms in total. The van der Waals surface area contributed by atoms with Crippen LogP contribution in [0.2, 0.25) is 0 Å². The van der Waals surface area contributed by atoms with Crippen LogP contribution in [0, 0.1) is 12.8 Å². The van der Waals surface area contributed by atoms with Crippen molar-refractivity contribution in [1.29, 1.82) is 0 Å². The summed E-state index contributed by atoms with van der Waals surface area (Å²) in [5, 5.41) is 0. The Morgan fingerprint density at radius 1 is 1.59 bits per heavy atom. The van der Waals surface area contributed by atoms with Crippen LogP contribution in [0.15, 0.2) is 10.5 Å². The van der Waals surface area contributed by atoms with Gasteiger partial charge in [-0.25, -0.2) is 0 Å². The molecule has 1 aromatic heterocycles. The predicted octanol–water partition coefficient (Wildman–Crippen LogP) is 1.52. The molecule has 1 aliphatic heterocycles. The topological polar surface area (TPSA) is 51.6 Å².